The number of nitrogens with zero attached hydrogens (tertiary/aromatic N) is 1. The molecule has 0 aromatic heterocycles. The summed E-state index contributed by atoms with van der Waals surface area (Å²) in [5.74, 6) is 1.03. The zero-order valence-electron chi connectivity index (χ0n) is 7.06. The fourth-order valence-corrected chi connectivity index (χ4v) is 2.65. The van der Waals surface area contributed by atoms with E-state index in [4.69, 9.17) is 0 Å². The van der Waals surface area contributed by atoms with Crippen LogP contribution in [-0.2, 0) is 0 Å². The van der Waals surface area contributed by atoms with Crippen LogP contribution in [0.15, 0.2) is 0 Å². The van der Waals surface area contributed by atoms with E-state index in [9.17, 15) is 0 Å². The van der Waals surface area contributed by atoms with Crippen LogP contribution in [0.2, 0.25) is 0 Å². The van der Waals surface area contributed by atoms with Crippen molar-refractivity contribution < 1.29 is 0 Å². The summed E-state index contributed by atoms with van der Waals surface area (Å²) in [6.07, 6.45) is 5.79. The van der Waals surface area contributed by atoms with Crippen LogP contribution >= 0.6 is 0 Å². The molecule has 0 aromatic carbocycles. The lowest BCUT2D eigenvalue weighted by atomic mass is 9.95. The van der Waals surface area contributed by atoms with Gasteiger partial charge in [-0.15, -0.1) is 0 Å². The fourth-order valence-electron chi connectivity index (χ4n) is 2.65. The minimum absolute atomic E-state index is 0.703. The number of hydrogen-bond donors (Lipinski definition) is 0. The smallest absolute Gasteiger partial charge is 0.0236 e. The van der Waals surface area contributed by atoms with E-state index in [0.717, 1.165) is 5.92 Å². The third-order valence-corrected chi connectivity index (χ3v) is 3.59. The summed E-state index contributed by atoms with van der Waals surface area (Å²) in [7, 11) is 2.29. The van der Waals surface area contributed by atoms with E-state index in [2.05, 4.69) is 18.9 Å². The Kier molecular flexibility index (Phi) is 1.31. The van der Waals surface area contributed by atoms with E-state index in [1.807, 2.05) is 0 Å². The van der Waals surface area contributed by atoms with E-state index in [-0.39, 0.29) is 0 Å². The number of likely N-dealkylation sites (tertiary alicyclic amines) is 1. The lowest BCUT2D eigenvalue weighted by molar-refractivity contribution is 0.245. The molecule has 0 N–H and O–H groups in total. The van der Waals surface area contributed by atoms with Gasteiger partial charge in [0.1, 0.15) is 0 Å². The van der Waals surface area contributed by atoms with Crippen LogP contribution in [0.5, 0.6) is 0 Å². The summed E-state index contributed by atoms with van der Waals surface area (Å²) < 4.78 is 0. The van der Waals surface area contributed by atoms with Gasteiger partial charge in [0.25, 0.3) is 0 Å². The SMILES string of the molecule is CCC1CCN(C)C12CC2. The van der Waals surface area contributed by atoms with Crippen molar-refractivity contribution in [3.63, 3.8) is 0 Å². The van der Waals surface area contributed by atoms with Gasteiger partial charge in [-0.05, 0) is 38.8 Å². The van der Waals surface area contributed by atoms with Gasteiger partial charge >= 0.3 is 0 Å². The van der Waals surface area contributed by atoms with E-state index in [0.29, 0.717) is 5.54 Å². The predicted octanol–water partition coefficient (Wildman–Crippen LogP) is 1.88. The maximum Gasteiger partial charge on any atom is 0.0236 e. The third kappa shape index (κ3) is 0.672. The predicted molar refractivity (Wildman–Crippen MR) is 43.0 cm³/mol. The molecule has 2 rings (SSSR count). The van der Waals surface area contributed by atoms with Crippen molar-refractivity contribution in [3.8, 4) is 0 Å². The molecule has 0 aromatic rings. The Morgan fingerprint density at radius 3 is 2.60 bits per heavy atom. The molecule has 1 aliphatic heterocycles. The van der Waals surface area contributed by atoms with E-state index in [1.165, 1.54) is 32.2 Å². The lowest BCUT2D eigenvalue weighted by Gasteiger charge is -2.23. The third-order valence-electron chi connectivity index (χ3n) is 3.59. The zero-order chi connectivity index (χ0) is 7.19. The highest BCUT2D eigenvalue weighted by molar-refractivity contribution is 5.10. The van der Waals surface area contributed by atoms with Gasteiger partial charge in [0, 0.05) is 5.54 Å². The summed E-state index contributed by atoms with van der Waals surface area (Å²) in [5.41, 5.74) is 0.703. The van der Waals surface area contributed by atoms with Crippen LogP contribution in [0, 0.1) is 5.92 Å². The molecule has 58 valence electrons. The number of hydrogen-bond acceptors (Lipinski definition) is 1. The highest BCUT2D eigenvalue weighted by Gasteiger charge is 2.54. The van der Waals surface area contributed by atoms with Crippen molar-refractivity contribution in [1.82, 2.24) is 4.90 Å². The Hall–Kier alpha value is -0.0400. The average molecular weight is 139 g/mol. The van der Waals surface area contributed by atoms with Crippen LogP contribution in [-0.4, -0.2) is 24.0 Å². The largest absolute Gasteiger partial charge is 0.300 e. The maximum absolute atomic E-state index is 2.58. The van der Waals surface area contributed by atoms with Crippen molar-refractivity contribution in [2.75, 3.05) is 13.6 Å². The van der Waals surface area contributed by atoms with E-state index in [1.54, 1.807) is 0 Å². The molecule has 10 heavy (non-hydrogen) atoms. The van der Waals surface area contributed by atoms with Crippen LogP contribution in [0.3, 0.4) is 0 Å². The second kappa shape index (κ2) is 1.97. The molecular formula is C9H17N. The van der Waals surface area contributed by atoms with Crippen molar-refractivity contribution in [1.29, 1.82) is 0 Å². The van der Waals surface area contributed by atoms with Crippen LogP contribution in [0.25, 0.3) is 0 Å². The lowest BCUT2D eigenvalue weighted by Crippen LogP contribution is -2.31. The molecule has 0 radical (unpaired) electrons. The molecule has 0 amide bonds. The topological polar surface area (TPSA) is 3.24 Å². The molecular weight excluding hydrogens is 122 g/mol. The molecule has 1 aliphatic carbocycles. The Morgan fingerprint density at radius 2 is 2.20 bits per heavy atom. The van der Waals surface area contributed by atoms with Gasteiger partial charge < -0.3 is 4.90 Å². The Balaban J connectivity index is 2.11. The van der Waals surface area contributed by atoms with Gasteiger partial charge in [0.05, 0.1) is 0 Å². The summed E-state index contributed by atoms with van der Waals surface area (Å²) in [5, 5.41) is 0. The van der Waals surface area contributed by atoms with Crippen molar-refractivity contribution in [2.24, 2.45) is 5.92 Å². The second-order valence-electron chi connectivity index (χ2n) is 3.92. The van der Waals surface area contributed by atoms with Gasteiger partial charge in [0.15, 0.2) is 0 Å². The quantitative estimate of drug-likeness (QED) is 0.536. The highest BCUT2D eigenvalue weighted by Crippen LogP contribution is 2.53. The molecule has 1 saturated heterocycles. The monoisotopic (exact) mass is 139 g/mol. The van der Waals surface area contributed by atoms with Gasteiger partial charge in [-0.2, -0.15) is 0 Å². The van der Waals surface area contributed by atoms with Gasteiger partial charge in [0.2, 0.25) is 0 Å². The summed E-state index contributed by atoms with van der Waals surface area (Å²) >= 11 is 0. The molecule has 1 nitrogen and oxygen atoms in total. The number of rotatable bonds is 1. The Morgan fingerprint density at radius 1 is 1.50 bits per heavy atom. The van der Waals surface area contributed by atoms with E-state index >= 15 is 0 Å². The maximum atomic E-state index is 2.58. The molecule has 2 aliphatic rings. The summed E-state index contributed by atoms with van der Waals surface area (Å²) in [6.45, 7) is 3.68. The molecule has 1 heterocycles. The first-order valence-electron chi connectivity index (χ1n) is 4.51. The normalized spacial score (nSPS) is 37.2. The molecule has 1 saturated carbocycles. The first-order chi connectivity index (χ1) is 4.79. The standard InChI is InChI=1S/C9H17N/c1-3-8-4-7-10(2)9(8)5-6-9/h8H,3-7H2,1-2H3. The first-order valence-corrected chi connectivity index (χ1v) is 4.51. The zero-order valence-corrected chi connectivity index (χ0v) is 7.06. The first kappa shape index (κ1) is 6.66. The fraction of sp³-hybridized carbons (Fsp3) is 1.00. The van der Waals surface area contributed by atoms with Gasteiger partial charge in [-0.3, -0.25) is 0 Å². The van der Waals surface area contributed by atoms with Crippen molar-refractivity contribution >= 4 is 0 Å². The van der Waals surface area contributed by atoms with E-state index < -0.39 is 0 Å². The van der Waals surface area contributed by atoms with Gasteiger partial charge in [-0.1, -0.05) is 13.3 Å². The van der Waals surface area contributed by atoms with Crippen LogP contribution in [0.1, 0.15) is 32.6 Å². The molecule has 0 bridgehead atoms. The molecule has 1 atom stereocenters. The average Bonchev–Trinajstić information content (AvgIpc) is 2.63. The molecule has 1 unspecified atom stereocenters. The minimum Gasteiger partial charge on any atom is -0.300 e. The van der Waals surface area contributed by atoms with Crippen LogP contribution in [0.4, 0.5) is 0 Å². The Labute approximate surface area is 63.4 Å². The van der Waals surface area contributed by atoms with Crippen molar-refractivity contribution in [2.45, 2.75) is 38.1 Å². The van der Waals surface area contributed by atoms with Crippen LogP contribution < -0.4 is 0 Å². The highest BCUT2D eigenvalue weighted by atomic mass is 15.2. The molecule has 2 fully saturated rings. The van der Waals surface area contributed by atoms with Crippen molar-refractivity contribution in [3.05, 3.63) is 0 Å². The Bertz CT molecular complexity index is 138. The van der Waals surface area contributed by atoms with Gasteiger partial charge in [-0.25, -0.2) is 0 Å². The second-order valence-corrected chi connectivity index (χ2v) is 3.92. The summed E-state index contributed by atoms with van der Waals surface area (Å²) in [4.78, 5) is 2.58. The minimum atomic E-state index is 0.703. The summed E-state index contributed by atoms with van der Waals surface area (Å²) in [6, 6.07) is 0. The molecule has 1 heteroatoms. The molecule has 1 spiro atoms.